The van der Waals surface area contributed by atoms with Crippen molar-refractivity contribution in [2.45, 2.75) is 48.1 Å². The number of pyridine rings is 1. The Morgan fingerprint density at radius 3 is 2.50 bits per heavy atom. The van der Waals surface area contributed by atoms with Crippen molar-refractivity contribution in [1.82, 2.24) is 4.98 Å². The summed E-state index contributed by atoms with van der Waals surface area (Å²) in [4.78, 5) is 22.3. The predicted molar refractivity (Wildman–Crippen MR) is 109 cm³/mol. The highest BCUT2D eigenvalue weighted by Gasteiger charge is 2.26. The molecule has 0 aliphatic carbocycles. The van der Waals surface area contributed by atoms with Crippen LogP contribution in [0.5, 0.6) is 11.5 Å². The first-order chi connectivity index (χ1) is 13.1. The Morgan fingerprint density at radius 1 is 1.18 bits per heavy atom. The van der Waals surface area contributed by atoms with Gasteiger partial charge in [0, 0.05) is 11.3 Å². The van der Waals surface area contributed by atoms with Gasteiger partial charge in [0.2, 0.25) is 0 Å². The van der Waals surface area contributed by atoms with Crippen LogP contribution >= 0.6 is 0 Å². The summed E-state index contributed by atoms with van der Waals surface area (Å²) >= 11 is 0. The molecule has 0 saturated carbocycles. The number of aryl methyl sites for hydroxylation is 2. The minimum Gasteiger partial charge on any atom is -0.493 e. The number of methoxy groups -OCH3 is 1. The summed E-state index contributed by atoms with van der Waals surface area (Å²) in [7, 11) is 1.53. The predicted octanol–water partition coefficient (Wildman–Crippen LogP) is 4.60. The van der Waals surface area contributed by atoms with Crippen LogP contribution in [0, 0.1) is 19.3 Å². The molecule has 2 aromatic rings. The first-order valence-electron chi connectivity index (χ1n) is 9.12. The minimum atomic E-state index is -0.636. The maximum Gasteiger partial charge on any atom is 0.316 e. The molecule has 150 valence electrons. The molecule has 0 bridgehead atoms. The van der Waals surface area contributed by atoms with Gasteiger partial charge in [-0.3, -0.25) is 9.78 Å². The lowest BCUT2D eigenvalue weighted by Crippen LogP contribution is -2.26. The van der Waals surface area contributed by atoms with Gasteiger partial charge in [-0.15, -0.1) is 0 Å². The quantitative estimate of drug-likeness (QED) is 0.315. The number of hydrogen-bond donors (Lipinski definition) is 0. The van der Waals surface area contributed by atoms with Gasteiger partial charge in [0.15, 0.2) is 11.5 Å². The van der Waals surface area contributed by atoms with Crippen LogP contribution in [0.4, 0.5) is 0 Å². The second-order valence-electron chi connectivity index (χ2n) is 7.71. The number of carbonyl (C=O) groups excluding carboxylic acids is 1. The molecule has 1 aromatic heterocycles. The Bertz CT molecular complexity index is 862. The molecule has 0 unspecified atom stereocenters. The van der Waals surface area contributed by atoms with E-state index in [4.69, 9.17) is 14.3 Å². The van der Waals surface area contributed by atoms with E-state index in [0.717, 1.165) is 17.0 Å². The number of nitrogens with zero attached hydrogens (tertiary/aromatic N) is 2. The van der Waals surface area contributed by atoms with Gasteiger partial charge in [-0.2, -0.15) is 0 Å². The maximum absolute atomic E-state index is 12.3. The van der Waals surface area contributed by atoms with Gasteiger partial charge < -0.3 is 14.3 Å². The van der Waals surface area contributed by atoms with Gasteiger partial charge >= 0.3 is 5.97 Å². The smallest absolute Gasteiger partial charge is 0.316 e. The normalized spacial score (nSPS) is 11.9. The number of esters is 1. The van der Waals surface area contributed by atoms with Crippen molar-refractivity contribution in [2.75, 3.05) is 7.11 Å². The van der Waals surface area contributed by atoms with E-state index in [1.54, 1.807) is 26.8 Å². The van der Waals surface area contributed by atoms with Crippen molar-refractivity contribution in [2.24, 2.45) is 10.6 Å². The van der Waals surface area contributed by atoms with E-state index in [1.165, 1.54) is 7.11 Å². The molecule has 2 rings (SSSR count). The molecule has 1 heterocycles. The van der Waals surface area contributed by atoms with Gasteiger partial charge in [-0.05, 0) is 65.3 Å². The monoisotopic (exact) mass is 384 g/mol. The largest absolute Gasteiger partial charge is 0.493 e. The first kappa shape index (κ1) is 21.4. The van der Waals surface area contributed by atoms with Crippen molar-refractivity contribution in [3.63, 3.8) is 0 Å². The highest BCUT2D eigenvalue weighted by molar-refractivity contribution is 5.96. The van der Waals surface area contributed by atoms with E-state index < -0.39 is 5.41 Å². The molecule has 0 aliphatic rings. The molecular formula is C22H28N2O4. The number of carbonyl (C=O) groups is 1. The van der Waals surface area contributed by atoms with Gasteiger partial charge in [-0.1, -0.05) is 17.3 Å². The summed E-state index contributed by atoms with van der Waals surface area (Å²) in [5, 5.41) is 4.17. The number of benzene rings is 1. The first-order valence-corrected chi connectivity index (χ1v) is 9.12. The molecule has 6 nitrogen and oxygen atoms in total. The third kappa shape index (κ3) is 5.55. The standard InChI is InChI=1S/C22H28N2O4/c1-14-11-15(2)23-18(12-14)16(3)24-27-13-17-9-8-10-19(26-7)20(17)28-21(25)22(4,5)6/h8-12H,13H2,1-7H3/b24-16-. The van der Waals surface area contributed by atoms with Crippen molar-refractivity contribution in [1.29, 1.82) is 0 Å². The summed E-state index contributed by atoms with van der Waals surface area (Å²) in [6.45, 7) is 11.3. The van der Waals surface area contributed by atoms with Gasteiger partial charge in [-0.25, -0.2) is 0 Å². The maximum atomic E-state index is 12.3. The number of ether oxygens (including phenoxy) is 2. The molecule has 28 heavy (non-hydrogen) atoms. The van der Waals surface area contributed by atoms with Crippen LogP contribution in [-0.4, -0.2) is 23.8 Å². The lowest BCUT2D eigenvalue weighted by Gasteiger charge is -2.19. The minimum absolute atomic E-state index is 0.131. The van der Waals surface area contributed by atoms with Crippen LogP contribution in [-0.2, 0) is 16.2 Å². The van der Waals surface area contributed by atoms with Crippen molar-refractivity contribution in [3.8, 4) is 11.5 Å². The third-order valence-electron chi connectivity index (χ3n) is 3.98. The number of para-hydroxylation sites is 1. The van der Waals surface area contributed by atoms with Crippen LogP contribution in [0.15, 0.2) is 35.5 Å². The van der Waals surface area contributed by atoms with Crippen LogP contribution in [0.1, 0.15) is 50.2 Å². The van der Waals surface area contributed by atoms with Gasteiger partial charge in [0.25, 0.3) is 0 Å². The molecule has 0 fully saturated rings. The number of hydrogen-bond acceptors (Lipinski definition) is 6. The van der Waals surface area contributed by atoms with E-state index in [2.05, 4.69) is 10.1 Å². The zero-order valence-electron chi connectivity index (χ0n) is 17.6. The van der Waals surface area contributed by atoms with E-state index in [0.29, 0.717) is 22.8 Å². The van der Waals surface area contributed by atoms with Crippen molar-refractivity contribution in [3.05, 3.63) is 52.8 Å². The fourth-order valence-electron chi connectivity index (χ4n) is 2.47. The van der Waals surface area contributed by atoms with Crippen LogP contribution < -0.4 is 9.47 Å². The number of rotatable bonds is 6. The summed E-state index contributed by atoms with van der Waals surface area (Å²) in [6.07, 6.45) is 0. The fraction of sp³-hybridized carbons (Fsp3) is 0.409. The summed E-state index contributed by atoms with van der Waals surface area (Å²) in [5.41, 5.74) is 3.50. The average Bonchev–Trinajstić information content (AvgIpc) is 2.61. The van der Waals surface area contributed by atoms with Crippen LogP contribution in [0.2, 0.25) is 0 Å². The van der Waals surface area contributed by atoms with Crippen molar-refractivity contribution < 1.29 is 19.1 Å². The molecule has 6 heteroatoms. The molecule has 0 spiro atoms. The molecule has 0 atom stereocenters. The number of oxime groups is 1. The van der Waals surface area contributed by atoms with Crippen LogP contribution in [0.3, 0.4) is 0 Å². The Morgan fingerprint density at radius 2 is 1.89 bits per heavy atom. The molecule has 0 radical (unpaired) electrons. The Balaban J connectivity index is 2.20. The van der Waals surface area contributed by atoms with Crippen LogP contribution in [0.25, 0.3) is 0 Å². The zero-order valence-corrected chi connectivity index (χ0v) is 17.6. The van der Waals surface area contributed by atoms with E-state index in [9.17, 15) is 4.79 Å². The second kappa shape index (κ2) is 8.87. The Hall–Kier alpha value is -2.89. The molecule has 0 aliphatic heterocycles. The van der Waals surface area contributed by atoms with E-state index in [1.807, 2.05) is 45.0 Å². The topological polar surface area (TPSA) is 70.0 Å². The van der Waals surface area contributed by atoms with E-state index >= 15 is 0 Å². The third-order valence-corrected chi connectivity index (χ3v) is 3.98. The average molecular weight is 384 g/mol. The molecule has 0 saturated heterocycles. The zero-order chi connectivity index (χ0) is 20.9. The Kier molecular flexibility index (Phi) is 6.78. The fourth-order valence-corrected chi connectivity index (χ4v) is 2.47. The second-order valence-corrected chi connectivity index (χ2v) is 7.71. The van der Waals surface area contributed by atoms with Gasteiger partial charge in [0.05, 0.1) is 18.2 Å². The summed E-state index contributed by atoms with van der Waals surface area (Å²) in [6, 6.07) is 9.32. The van der Waals surface area contributed by atoms with Gasteiger partial charge in [0.1, 0.15) is 12.3 Å². The lowest BCUT2D eigenvalue weighted by atomic mass is 9.97. The lowest BCUT2D eigenvalue weighted by molar-refractivity contribution is -0.143. The summed E-state index contributed by atoms with van der Waals surface area (Å²) < 4.78 is 10.9. The molecule has 1 aromatic carbocycles. The highest BCUT2D eigenvalue weighted by atomic mass is 16.6. The van der Waals surface area contributed by atoms with Crippen molar-refractivity contribution >= 4 is 11.7 Å². The molecule has 0 N–H and O–H groups in total. The Labute approximate surface area is 166 Å². The molecule has 0 amide bonds. The number of aromatic nitrogens is 1. The summed E-state index contributed by atoms with van der Waals surface area (Å²) in [5.74, 6) is 0.468. The highest BCUT2D eigenvalue weighted by Crippen LogP contribution is 2.33. The van der Waals surface area contributed by atoms with E-state index in [-0.39, 0.29) is 12.6 Å². The SMILES string of the molecule is COc1cccc(CO/N=C(/C)c2cc(C)cc(C)n2)c1OC(=O)C(C)(C)C. The molecular weight excluding hydrogens is 356 g/mol.